The lowest BCUT2D eigenvalue weighted by molar-refractivity contribution is 0.0941. The Bertz CT molecular complexity index is 606. The number of aromatic nitrogens is 1. The SMILES string of the molecule is Cc1nc(C)c(C(C)NC(=O)c2ccccc2N)s1. The van der Waals surface area contributed by atoms with Crippen LogP contribution in [0, 0.1) is 13.8 Å². The molecule has 0 bridgehead atoms. The number of nitrogens with two attached hydrogens (primary N) is 1. The Kier molecular flexibility index (Phi) is 3.85. The molecule has 1 amide bonds. The molecular formula is C14H17N3OS. The third-order valence-corrected chi connectivity index (χ3v) is 4.14. The highest BCUT2D eigenvalue weighted by atomic mass is 32.1. The summed E-state index contributed by atoms with van der Waals surface area (Å²) in [6.45, 7) is 5.88. The summed E-state index contributed by atoms with van der Waals surface area (Å²) in [4.78, 5) is 17.6. The van der Waals surface area contributed by atoms with E-state index in [1.807, 2.05) is 26.8 Å². The summed E-state index contributed by atoms with van der Waals surface area (Å²) in [5.41, 5.74) is 7.77. The second kappa shape index (κ2) is 5.40. The van der Waals surface area contributed by atoms with Gasteiger partial charge in [0, 0.05) is 10.6 Å². The summed E-state index contributed by atoms with van der Waals surface area (Å²) < 4.78 is 0. The van der Waals surface area contributed by atoms with Gasteiger partial charge in [-0.15, -0.1) is 11.3 Å². The number of carbonyl (C=O) groups excluding carboxylic acids is 1. The van der Waals surface area contributed by atoms with Gasteiger partial charge in [0.05, 0.1) is 22.3 Å². The summed E-state index contributed by atoms with van der Waals surface area (Å²) in [6.07, 6.45) is 0. The van der Waals surface area contributed by atoms with Crippen LogP contribution in [0.1, 0.15) is 38.9 Å². The van der Waals surface area contributed by atoms with Gasteiger partial charge in [0.2, 0.25) is 0 Å². The van der Waals surface area contributed by atoms with Gasteiger partial charge in [-0.05, 0) is 32.9 Å². The van der Waals surface area contributed by atoms with E-state index in [0.717, 1.165) is 15.6 Å². The molecule has 0 saturated carbocycles. The molecule has 19 heavy (non-hydrogen) atoms. The minimum atomic E-state index is -0.156. The van der Waals surface area contributed by atoms with Crippen LogP contribution < -0.4 is 11.1 Å². The number of rotatable bonds is 3. The van der Waals surface area contributed by atoms with Crippen LogP contribution >= 0.6 is 11.3 Å². The highest BCUT2D eigenvalue weighted by molar-refractivity contribution is 7.11. The molecule has 0 aliphatic heterocycles. The van der Waals surface area contributed by atoms with Gasteiger partial charge in [-0.25, -0.2) is 4.98 Å². The molecule has 0 aliphatic rings. The summed E-state index contributed by atoms with van der Waals surface area (Å²) >= 11 is 1.61. The van der Waals surface area contributed by atoms with Crippen molar-refractivity contribution in [1.29, 1.82) is 0 Å². The van der Waals surface area contributed by atoms with Crippen molar-refractivity contribution in [2.75, 3.05) is 5.73 Å². The predicted molar refractivity (Wildman–Crippen MR) is 78.3 cm³/mol. The van der Waals surface area contributed by atoms with Crippen LogP contribution in [0.3, 0.4) is 0 Å². The average Bonchev–Trinajstić information content (AvgIpc) is 2.69. The van der Waals surface area contributed by atoms with Crippen molar-refractivity contribution >= 4 is 22.9 Å². The maximum atomic E-state index is 12.2. The van der Waals surface area contributed by atoms with E-state index in [1.165, 1.54) is 0 Å². The molecule has 1 unspecified atom stereocenters. The van der Waals surface area contributed by atoms with E-state index in [-0.39, 0.29) is 11.9 Å². The van der Waals surface area contributed by atoms with E-state index < -0.39 is 0 Å². The number of benzene rings is 1. The molecule has 1 aromatic carbocycles. The van der Waals surface area contributed by atoms with Crippen molar-refractivity contribution in [3.05, 3.63) is 45.4 Å². The zero-order chi connectivity index (χ0) is 14.0. The monoisotopic (exact) mass is 275 g/mol. The molecule has 3 N–H and O–H groups in total. The van der Waals surface area contributed by atoms with Crippen LogP contribution in [-0.2, 0) is 0 Å². The molecule has 5 heteroatoms. The van der Waals surface area contributed by atoms with Crippen LogP contribution in [0.4, 0.5) is 5.69 Å². The van der Waals surface area contributed by atoms with Gasteiger partial charge < -0.3 is 11.1 Å². The Morgan fingerprint density at radius 2 is 2.05 bits per heavy atom. The second-order valence-electron chi connectivity index (χ2n) is 4.46. The molecule has 0 spiro atoms. The van der Waals surface area contributed by atoms with E-state index in [0.29, 0.717) is 11.3 Å². The van der Waals surface area contributed by atoms with E-state index in [4.69, 9.17) is 5.73 Å². The Morgan fingerprint density at radius 3 is 2.63 bits per heavy atom. The number of hydrogen-bond donors (Lipinski definition) is 2. The lowest BCUT2D eigenvalue weighted by Gasteiger charge is -2.13. The molecule has 4 nitrogen and oxygen atoms in total. The van der Waals surface area contributed by atoms with Crippen LogP contribution in [0.15, 0.2) is 24.3 Å². The zero-order valence-electron chi connectivity index (χ0n) is 11.2. The fourth-order valence-electron chi connectivity index (χ4n) is 1.99. The molecular weight excluding hydrogens is 258 g/mol. The highest BCUT2D eigenvalue weighted by Crippen LogP contribution is 2.25. The van der Waals surface area contributed by atoms with Gasteiger partial charge in [-0.3, -0.25) is 4.79 Å². The van der Waals surface area contributed by atoms with Crippen molar-refractivity contribution < 1.29 is 4.79 Å². The Labute approximate surface area is 116 Å². The number of aryl methyl sites for hydroxylation is 2. The molecule has 1 atom stereocenters. The molecule has 0 saturated heterocycles. The number of anilines is 1. The number of nitrogen functional groups attached to an aromatic ring is 1. The van der Waals surface area contributed by atoms with Gasteiger partial charge in [-0.1, -0.05) is 12.1 Å². The summed E-state index contributed by atoms with van der Waals surface area (Å²) in [5.74, 6) is -0.156. The van der Waals surface area contributed by atoms with Gasteiger partial charge in [-0.2, -0.15) is 0 Å². The van der Waals surface area contributed by atoms with Gasteiger partial charge in [0.25, 0.3) is 5.91 Å². The molecule has 0 aliphatic carbocycles. The lowest BCUT2D eigenvalue weighted by atomic mass is 10.1. The van der Waals surface area contributed by atoms with Crippen LogP contribution in [0.5, 0.6) is 0 Å². The molecule has 0 fully saturated rings. The number of nitrogens with one attached hydrogen (secondary N) is 1. The molecule has 100 valence electrons. The molecule has 2 aromatic rings. The van der Waals surface area contributed by atoms with E-state index >= 15 is 0 Å². The maximum absolute atomic E-state index is 12.2. The third-order valence-electron chi connectivity index (χ3n) is 2.89. The first kappa shape index (κ1) is 13.5. The van der Waals surface area contributed by atoms with Crippen molar-refractivity contribution in [1.82, 2.24) is 10.3 Å². The fraction of sp³-hybridized carbons (Fsp3) is 0.286. The standard InChI is InChI=1S/C14H17N3OS/c1-8-13(19-10(3)16-8)9(2)17-14(18)11-6-4-5-7-12(11)15/h4-7,9H,15H2,1-3H3,(H,17,18). The highest BCUT2D eigenvalue weighted by Gasteiger charge is 2.17. The minimum Gasteiger partial charge on any atom is -0.398 e. The van der Waals surface area contributed by atoms with Crippen molar-refractivity contribution in [3.8, 4) is 0 Å². The first-order valence-electron chi connectivity index (χ1n) is 6.08. The molecule has 1 aromatic heterocycles. The Hall–Kier alpha value is -1.88. The van der Waals surface area contributed by atoms with E-state index in [9.17, 15) is 4.79 Å². The van der Waals surface area contributed by atoms with E-state index in [2.05, 4.69) is 10.3 Å². The average molecular weight is 275 g/mol. The fourth-order valence-corrected chi connectivity index (χ4v) is 2.92. The number of carbonyl (C=O) groups is 1. The number of hydrogen-bond acceptors (Lipinski definition) is 4. The van der Waals surface area contributed by atoms with Crippen LogP contribution in [-0.4, -0.2) is 10.9 Å². The summed E-state index contributed by atoms with van der Waals surface area (Å²) in [5, 5.41) is 3.97. The molecule has 0 radical (unpaired) electrons. The first-order valence-corrected chi connectivity index (χ1v) is 6.90. The normalized spacial score (nSPS) is 12.2. The van der Waals surface area contributed by atoms with E-state index in [1.54, 1.807) is 29.5 Å². The van der Waals surface area contributed by atoms with Crippen molar-refractivity contribution in [3.63, 3.8) is 0 Å². The largest absolute Gasteiger partial charge is 0.398 e. The number of amides is 1. The summed E-state index contributed by atoms with van der Waals surface area (Å²) in [7, 11) is 0. The van der Waals surface area contributed by atoms with Gasteiger partial charge in [0.15, 0.2) is 0 Å². The molecule has 2 rings (SSSR count). The molecule has 1 heterocycles. The maximum Gasteiger partial charge on any atom is 0.253 e. The minimum absolute atomic E-state index is 0.0710. The van der Waals surface area contributed by atoms with Gasteiger partial charge in [0.1, 0.15) is 0 Å². The second-order valence-corrected chi connectivity index (χ2v) is 5.70. The predicted octanol–water partition coefficient (Wildman–Crippen LogP) is 2.83. The Morgan fingerprint density at radius 1 is 1.37 bits per heavy atom. The Balaban J connectivity index is 2.15. The topological polar surface area (TPSA) is 68.0 Å². The number of para-hydroxylation sites is 1. The van der Waals surface area contributed by atoms with Crippen LogP contribution in [0.2, 0.25) is 0 Å². The van der Waals surface area contributed by atoms with Gasteiger partial charge >= 0.3 is 0 Å². The van der Waals surface area contributed by atoms with Crippen LogP contribution in [0.25, 0.3) is 0 Å². The number of nitrogens with zero attached hydrogens (tertiary/aromatic N) is 1. The first-order chi connectivity index (χ1) is 8.99. The smallest absolute Gasteiger partial charge is 0.253 e. The lowest BCUT2D eigenvalue weighted by Crippen LogP contribution is -2.27. The quantitative estimate of drug-likeness (QED) is 0.846. The van der Waals surface area contributed by atoms with Crippen molar-refractivity contribution in [2.45, 2.75) is 26.8 Å². The third kappa shape index (κ3) is 2.93. The summed E-state index contributed by atoms with van der Waals surface area (Å²) in [6, 6.07) is 6.99. The van der Waals surface area contributed by atoms with Crippen molar-refractivity contribution in [2.24, 2.45) is 0 Å². The zero-order valence-corrected chi connectivity index (χ0v) is 12.0. The number of thiazole rings is 1.